The zero-order chi connectivity index (χ0) is 15.6. The fraction of sp³-hybridized carbons (Fsp3) is 0.0625. The third kappa shape index (κ3) is 2.48. The minimum Gasteiger partial charge on any atom is -0.454 e. The lowest BCUT2D eigenvalue weighted by molar-refractivity contribution is 0.0951. The lowest BCUT2D eigenvalue weighted by Crippen LogP contribution is -2.18. The first kappa shape index (κ1) is 13.3. The fourth-order valence-corrected chi connectivity index (χ4v) is 2.35. The second kappa shape index (κ2) is 5.45. The summed E-state index contributed by atoms with van der Waals surface area (Å²) in [6, 6.07) is 12.8. The minimum atomic E-state index is -0.376. The van der Waals surface area contributed by atoms with E-state index in [4.69, 9.17) is 9.47 Å². The highest BCUT2D eigenvalue weighted by Gasteiger charge is 2.14. The molecule has 2 aromatic carbocycles. The van der Waals surface area contributed by atoms with Gasteiger partial charge in [-0.3, -0.25) is 9.89 Å². The van der Waals surface area contributed by atoms with Gasteiger partial charge in [0.1, 0.15) is 0 Å². The number of benzene rings is 2. The number of nitrogens with one attached hydrogen (secondary N) is 2. The van der Waals surface area contributed by atoms with E-state index in [0.717, 1.165) is 16.5 Å². The van der Waals surface area contributed by atoms with E-state index in [0.29, 0.717) is 17.2 Å². The summed E-state index contributed by atoms with van der Waals surface area (Å²) in [5, 5.41) is 11.5. The van der Waals surface area contributed by atoms with Gasteiger partial charge in [-0.05, 0) is 29.8 Å². The van der Waals surface area contributed by atoms with Crippen LogP contribution in [-0.4, -0.2) is 29.1 Å². The van der Waals surface area contributed by atoms with Crippen LogP contribution in [0.4, 0.5) is 0 Å². The van der Waals surface area contributed by atoms with Crippen LogP contribution in [0.25, 0.3) is 10.9 Å². The molecule has 7 heteroatoms. The summed E-state index contributed by atoms with van der Waals surface area (Å²) in [5.74, 6) is 0.993. The Labute approximate surface area is 130 Å². The number of H-pyrrole nitrogens is 1. The van der Waals surface area contributed by atoms with Crippen molar-refractivity contribution in [2.75, 3.05) is 6.79 Å². The van der Waals surface area contributed by atoms with E-state index in [2.05, 4.69) is 20.7 Å². The van der Waals surface area contributed by atoms with Crippen molar-refractivity contribution < 1.29 is 14.3 Å². The topological polar surface area (TPSA) is 88.6 Å². The smallest absolute Gasteiger partial charge is 0.292 e. The maximum Gasteiger partial charge on any atom is 0.292 e. The van der Waals surface area contributed by atoms with Gasteiger partial charge in [-0.15, -0.1) is 0 Å². The molecule has 3 aromatic rings. The van der Waals surface area contributed by atoms with Crippen molar-refractivity contribution in [3.8, 4) is 11.5 Å². The number of fused-ring (bicyclic) bond motifs is 2. The van der Waals surface area contributed by atoms with E-state index in [9.17, 15) is 4.79 Å². The van der Waals surface area contributed by atoms with E-state index in [1.165, 1.54) is 6.21 Å². The highest BCUT2D eigenvalue weighted by molar-refractivity contribution is 6.04. The van der Waals surface area contributed by atoms with Gasteiger partial charge in [0, 0.05) is 5.39 Å². The van der Waals surface area contributed by atoms with Crippen molar-refractivity contribution in [1.82, 2.24) is 15.6 Å². The van der Waals surface area contributed by atoms with Gasteiger partial charge < -0.3 is 9.47 Å². The van der Waals surface area contributed by atoms with Crippen LogP contribution >= 0.6 is 0 Å². The highest BCUT2D eigenvalue weighted by Crippen LogP contribution is 2.31. The molecule has 0 bridgehead atoms. The van der Waals surface area contributed by atoms with Crippen molar-refractivity contribution in [2.24, 2.45) is 5.10 Å². The molecular weight excluding hydrogens is 296 g/mol. The van der Waals surface area contributed by atoms with Gasteiger partial charge in [0.2, 0.25) is 6.79 Å². The van der Waals surface area contributed by atoms with Gasteiger partial charge in [0.05, 0.1) is 11.7 Å². The predicted octanol–water partition coefficient (Wildman–Crippen LogP) is 2.06. The molecule has 23 heavy (non-hydrogen) atoms. The standard InChI is InChI=1S/C16H12N4O3/c21-16(15-11-3-1-2-4-12(11)18-19-15)20-17-8-10-5-6-13-14(7-10)23-9-22-13/h1-8H,9H2,(H,18,19)(H,20,21)/b17-8+. The minimum absolute atomic E-state index is 0.221. The Hall–Kier alpha value is -3.35. The molecule has 1 aliphatic rings. The summed E-state index contributed by atoms with van der Waals surface area (Å²) in [6.45, 7) is 0.221. The molecule has 0 saturated carbocycles. The SMILES string of the molecule is O=C(N/N=C/c1ccc2c(c1)OCO2)c1n[nH]c2ccccc12. The molecule has 1 aromatic heterocycles. The first-order valence-electron chi connectivity index (χ1n) is 6.97. The largest absolute Gasteiger partial charge is 0.454 e. The fourth-order valence-electron chi connectivity index (χ4n) is 2.35. The van der Waals surface area contributed by atoms with Crippen molar-refractivity contribution in [3.63, 3.8) is 0 Å². The highest BCUT2D eigenvalue weighted by atomic mass is 16.7. The van der Waals surface area contributed by atoms with Crippen LogP contribution < -0.4 is 14.9 Å². The summed E-state index contributed by atoms with van der Waals surface area (Å²) >= 11 is 0. The lowest BCUT2D eigenvalue weighted by Gasteiger charge is -1.98. The summed E-state index contributed by atoms with van der Waals surface area (Å²) < 4.78 is 10.5. The number of aromatic amines is 1. The average molecular weight is 308 g/mol. The third-order valence-electron chi connectivity index (χ3n) is 3.46. The number of hydrogen-bond donors (Lipinski definition) is 2. The number of hydrazone groups is 1. The van der Waals surface area contributed by atoms with E-state index in [1.807, 2.05) is 30.3 Å². The Balaban J connectivity index is 1.49. The first-order valence-corrected chi connectivity index (χ1v) is 6.97. The molecule has 0 atom stereocenters. The number of nitrogens with zero attached hydrogens (tertiary/aromatic N) is 2. The number of rotatable bonds is 3. The monoisotopic (exact) mass is 308 g/mol. The Kier molecular flexibility index (Phi) is 3.16. The third-order valence-corrected chi connectivity index (χ3v) is 3.46. The molecule has 7 nitrogen and oxygen atoms in total. The van der Waals surface area contributed by atoms with Crippen LogP contribution in [0.15, 0.2) is 47.6 Å². The summed E-state index contributed by atoms with van der Waals surface area (Å²) in [6.07, 6.45) is 1.54. The van der Waals surface area contributed by atoms with Crippen molar-refractivity contribution >= 4 is 23.0 Å². The maximum absolute atomic E-state index is 12.1. The van der Waals surface area contributed by atoms with Crippen molar-refractivity contribution in [2.45, 2.75) is 0 Å². The molecule has 0 fully saturated rings. The molecule has 1 amide bonds. The molecule has 0 aliphatic carbocycles. The Bertz CT molecular complexity index is 917. The molecular formula is C16H12N4O3. The number of amides is 1. The molecule has 0 spiro atoms. The van der Waals surface area contributed by atoms with Crippen LogP contribution in [0.3, 0.4) is 0 Å². The molecule has 114 valence electrons. The lowest BCUT2D eigenvalue weighted by atomic mass is 10.2. The Morgan fingerprint density at radius 1 is 1.22 bits per heavy atom. The van der Waals surface area contributed by atoms with E-state index < -0.39 is 0 Å². The van der Waals surface area contributed by atoms with E-state index >= 15 is 0 Å². The second-order valence-corrected chi connectivity index (χ2v) is 4.93. The first-order chi connectivity index (χ1) is 11.3. The van der Waals surface area contributed by atoms with E-state index in [1.54, 1.807) is 12.1 Å². The van der Waals surface area contributed by atoms with Gasteiger partial charge >= 0.3 is 0 Å². The summed E-state index contributed by atoms with van der Waals surface area (Å²) in [7, 11) is 0. The van der Waals surface area contributed by atoms with Crippen molar-refractivity contribution in [1.29, 1.82) is 0 Å². The van der Waals surface area contributed by atoms with Crippen molar-refractivity contribution in [3.05, 3.63) is 53.7 Å². The zero-order valence-electron chi connectivity index (χ0n) is 11.9. The van der Waals surface area contributed by atoms with Crippen LogP contribution in [-0.2, 0) is 0 Å². The zero-order valence-corrected chi connectivity index (χ0v) is 11.9. The predicted molar refractivity (Wildman–Crippen MR) is 83.7 cm³/mol. The molecule has 2 N–H and O–H groups in total. The summed E-state index contributed by atoms with van der Waals surface area (Å²) in [4.78, 5) is 12.1. The van der Waals surface area contributed by atoms with Gasteiger partial charge in [0.25, 0.3) is 5.91 Å². The number of ether oxygens (including phenoxy) is 2. The number of carbonyl (C=O) groups excluding carboxylic acids is 1. The van der Waals surface area contributed by atoms with Crippen LogP contribution in [0.1, 0.15) is 16.1 Å². The molecule has 0 radical (unpaired) electrons. The number of carbonyl (C=O) groups is 1. The number of hydrogen-bond acceptors (Lipinski definition) is 5. The second-order valence-electron chi connectivity index (χ2n) is 4.93. The quantitative estimate of drug-likeness (QED) is 0.572. The maximum atomic E-state index is 12.1. The van der Waals surface area contributed by atoms with Gasteiger partial charge in [-0.25, -0.2) is 5.43 Å². The molecule has 1 aliphatic heterocycles. The molecule has 0 unspecified atom stereocenters. The Morgan fingerprint density at radius 3 is 3.04 bits per heavy atom. The molecule has 2 heterocycles. The normalized spacial score (nSPS) is 12.9. The molecule has 4 rings (SSSR count). The Morgan fingerprint density at radius 2 is 2.09 bits per heavy atom. The van der Waals surface area contributed by atoms with E-state index in [-0.39, 0.29) is 12.7 Å². The van der Waals surface area contributed by atoms with Gasteiger partial charge in [0.15, 0.2) is 17.2 Å². The number of para-hydroxylation sites is 1. The van der Waals surface area contributed by atoms with Crippen LogP contribution in [0.5, 0.6) is 11.5 Å². The van der Waals surface area contributed by atoms with Crippen LogP contribution in [0, 0.1) is 0 Å². The van der Waals surface area contributed by atoms with Crippen LogP contribution in [0.2, 0.25) is 0 Å². The average Bonchev–Trinajstić information content (AvgIpc) is 3.21. The number of aromatic nitrogens is 2. The molecule has 0 saturated heterocycles. The van der Waals surface area contributed by atoms with Gasteiger partial charge in [-0.2, -0.15) is 10.2 Å². The summed E-state index contributed by atoms with van der Waals surface area (Å²) in [5.41, 5.74) is 4.37. The van der Waals surface area contributed by atoms with Gasteiger partial charge in [-0.1, -0.05) is 18.2 Å².